The van der Waals surface area contributed by atoms with Gasteiger partial charge in [-0.1, -0.05) is 42.5 Å². The number of aliphatic hydroxyl groups is 1. The van der Waals surface area contributed by atoms with Crippen molar-refractivity contribution >= 4 is 11.7 Å². The second kappa shape index (κ2) is 10.1. The number of Topliss-reactive ketones (excluding diaryl/α,β-unsaturated/α-hetero) is 1. The van der Waals surface area contributed by atoms with E-state index in [1.165, 1.54) is 0 Å². The summed E-state index contributed by atoms with van der Waals surface area (Å²) < 4.78 is 0. The first-order valence-corrected chi connectivity index (χ1v) is 11.2. The van der Waals surface area contributed by atoms with Crippen molar-refractivity contribution in [3.8, 4) is 11.1 Å². The number of amides is 1. The van der Waals surface area contributed by atoms with Crippen molar-refractivity contribution < 1.29 is 14.7 Å². The molecule has 1 saturated heterocycles. The number of aliphatic hydroxyl groups excluding tert-OH is 1. The number of hydrogen-bond acceptors (Lipinski definition) is 5. The molecule has 2 atom stereocenters. The van der Waals surface area contributed by atoms with E-state index in [-0.39, 0.29) is 23.8 Å². The number of nitrogens with zero attached hydrogens (tertiary/aromatic N) is 3. The van der Waals surface area contributed by atoms with Gasteiger partial charge in [0.2, 0.25) is 0 Å². The standard InChI is InChI=1S/C27H29N3O3/c1-19-15-29(27(33)24-6-3-5-23(13-24)25-7-4-12-28-14-25)16-20(2)30(19)17-21-8-10-22(11-9-21)26(32)18-31/h3-14,19-20,31H,15-18H2,1-2H3/t19-,20+. The summed E-state index contributed by atoms with van der Waals surface area (Å²) in [6.45, 7) is 5.86. The Morgan fingerprint density at radius 3 is 2.27 bits per heavy atom. The predicted molar refractivity (Wildman–Crippen MR) is 128 cm³/mol. The number of rotatable bonds is 6. The number of carbonyl (C=O) groups is 2. The van der Waals surface area contributed by atoms with E-state index in [2.05, 4.69) is 23.7 Å². The minimum Gasteiger partial charge on any atom is -0.388 e. The molecule has 2 heterocycles. The summed E-state index contributed by atoms with van der Waals surface area (Å²) in [4.78, 5) is 33.5. The van der Waals surface area contributed by atoms with Crippen LogP contribution in [0.2, 0.25) is 0 Å². The first kappa shape index (κ1) is 22.8. The van der Waals surface area contributed by atoms with E-state index < -0.39 is 6.61 Å². The molecule has 1 amide bonds. The van der Waals surface area contributed by atoms with Crippen LogP contribution in [0.1, 0.15) is 40.1 Å². The molecule has 2 aromatic carbocycles. The number of hydrogen-bond donors (Lipinski definition) is 1. The van der Waals surface area contributed by atoms with E-state index in [1.807, 2.05) is 53.4 Å². The van der Waals surface area contributed by atoms with Crippen molar-refractivity contribution in [3.05, 3.63) is 89.7 Å². The number of ketones is 1. The van der Waals surface area contributed by atoms with Crippen molar-refractivity contribution in [2.75, 3.05) is 19.7 Å². The highest BCUT2D eigenvalue weighted by Crippen LogP contribution is 2.23. The molecule has 33 heavy (non-hydrogen) atoms. The zero-order valence-corrected chi connectivity index (χ0v) is 19.0. The first-order valence-electron chi connectivity index (χ1n) is 11.2. The van der Waals surface area contributed by atoms with Gasteiger partial charge in [0.25, 0.3) is 5.91 Å². The van der Waals surface area contributed by atoms with Crippen LogP contribution in [0.4, 0.5) is 0 Å². The van der Waals surface area contributed by atoms with Gasteiger partial charge in [0.05, 0.1) is 0 Å². The monoisotopic (exact) mass is 443 g/mol. The van der Waals surface area contributed by atoms with Crippen molar-refractivity contribution in [1.82, 2.24) is 14.8 Å². The lowest BCUT2D eigenvalue weighted by Gasteiger charge is -2.44. The quantitative estimate of drug-likeness (QED) is 0.589. The fourth-order valence-electron chi connectivity index (χ4n) is 4.48. The van der Waals surface area contributed by atoms with Gasteiger partial charge in [0, 0.05) is 60.8 Å². The Labute approximate surface area is 194 Å². The Kier molecular flexibility index (Phi) is 6.96. The molecule has 1 aromatic heterocycles. The maximum absolute atomic E-state index is 13.3. The number of aromatic nitrogens is 1. The second-order valence-corrected chi connectivity index (χ2v) is 8.68. The molecule has 0 saturated carbocycles. The van der Waals surface area contributed by atoms with Crippen molar-refractivity contribution in [2.45, 2.75) is 32.5 Å². The van der Waals surface area contributed by atoms with Crippen LogP contribution in [0.25, 0.3) is 11.1 Å². The van der Waals surface area contributed by atoms with Gasteiger partial charge in [-0.3, -0.25) is 19.5 Å². The third-order valence-corrected chi connectivity index (χ3v) is 6.28. The Morgan fingerprint density at radius 2 is 1.64 bits per heavy atom. The Balaban J connectivity index is 1.43. The van der Waals surface area contributed by atoms with Crippen molar-refractivity contribution in [1.29, 1.82) is 0 Å². The molecule has 1 fully saturated rings. The number of piperazine rings is 1. The Hall–Kier alpha value is -3.35. The van der Waals surface area contributed by atoms with Crippen LogP contribution in [-0.2, 0) is 6.54 Å². The smallest absolute Gasteiger partial charge is 0.253 e. The molecule has 4 rings (SSSR count). The molecule has 0 radical (unpaired) electrons. The normalized spacial score (nSPS) is 18.8. The molecule has 1 aliphatic heterocycles. The number of benzene rings is 2. The van der Waals surface area contributed by atoms with Gasteiger partial charge in [-0.15, -0.1) is 0 Å². The van der Waals surface area contributed by atoms with Crippen LogP contribution in [0, 0.1) is 0 Å². The topological polar surface area (TPSA) is 73.7 Å². The summed E-state index contributed by atoms with van der Waals surface area (Å²) in [5, 5.41) is 9.02. The Bertz CT molecular complexity index is 1100. The number of carbonyl (C=O) groups excluding carboxylic acids is 2. The summed E-state index contributed by atoms with van der Waals surface area (Å²) >= 11 is 0. The fourth-order valence-corrected chi connectivity index (χ4v) is 4.48. The lowest BCUT2D eigenvalue weighted by molar-refractivity contribution is 0.0270. The van der Waals surface area contributed by atoms with Gasteiger partial charge in [-0.25, -0.2) is 0 Å². The molecule has 1 N–H and O–H groups in total. The lowest BCUT2D eigenvalue weighted by Crippen LogP contribution is -2.57. The molecular formula is C27H29N3O3. The zero-order valence-electron chi connectivity index (χ0n) is 19.0. The van der Waals surface area contributed by atoms with E-state index in [0.29, 0.717) is 24.2 Å². The minimum atomic E-state index is -0.478. The Morgan fingerprint density at radius 1 is 0.939 bits per heavy atom. The van der Waals surface area contributed by atoms with Gasteiger partial charge in [0.15, 0.2) is 5.78 Å². The van der Waals surface area contributed by atoms with Gasteiger partial charge in [0.1, 0.15) is 6.61 Å². The molecule has 0 unspecified atom stereocenters. The van der Waals surface area contributed by atoms with Gasteiger partial charge in [-0.2, -0.15) is 0 Å². The van der Waals surface area contributed by atoms with E-state index >= 15 is 0 Å². The highest BCUT2D eigenvalue weighted by molar-refractivity contribution is 5.97. The maximum Gasteiger partial charge on any atom is 0.253 e. The van der Waals surface area contributed by atoms with Crippen LogP contribution in [-0.4, -0.2) is 63.4 Å². The molecule has 3 aromatic rings. The third-order valence-electron chi connectivity index (χ3n) is 6.28. The van der Waals surface area contributed by atoms with Crippen LogP contribution in [0.3, 0.4) is 0 Å². The number of pyridine rings is 1. The molecule has 1 aliphatic rings. The average molecular weight is 444 g/mol. The molecule has 6 heteroatoms. The SMILES string of the molecule is C[C@@H]1CN(C(=O)c2cccc(-c3cccnc3)c2)C[C@H](C)N1Cc1ccc(C(=O)CO)cc1. The first-order chi connectivity index (χ1) is 16.0. The maximum atomic E-state index is 13.3. The summed E-state index contributed by atoms with van der Waals surface area (Å²) in [7, 11) is 0. The van der Waals surface area contributed by atoms with Crippen LogP contribution >= 0.6 is 0 Å². The zero-order chi connectivity index (χ0) is 23.4. The van der Waals surface area contributed by atoms with E-state index in [1.54, 1.807) is 24.5 Å². The van der Waals surface area contributed by atoms with Crippen LogP contribution in [0.5, 0.6) is 0 Å². The van der Waals surface area contributed by atoms with Crippen LogP contribution < -0.4 is 0 Å². The molecule has 0 bridgehead atoms. The van der Waals surface area contributed by atoms with Gasteiger partial charge >= 0.3 is 0 Å². The lowest BCUT2D eigenvalue weighted by atomic mass is 10.0. The molecule has 0 aliphatic carbocycles. The second-order valence-electron chi connectivity index (χ2n) is 8.68. The summed E-state index contributed by atoms with van der Waals surface area (Å²) in [5.74, 6) is -0.228. The highest BCUT2D eigenvalue weighted by Gasteiger charge is 2.32. The fraction of sp³-hybridized carbons (Fsp3) is 0.296. The largest absolute Gasteiger partial charge is 0.388 e. The summed E-state index contributed by atoms with van der Waals surface area (Å²) in [6, 6.07) is 19.4. The van der Waals surface area contributed by atoms with Gasteiger partial charge in [-0.05, 0) is 43.2 Å². The van der Waals surface area contributed by atoms with Crippen molar-refractivity contribution in [2.24, 2.45) is 0 Å². The molecule has 170 valence electrons. The molecule has 0 spiro atoms. The third kappa shape index (κ3) is 5.18. The van der Waals surface area contributed by atoms with Crippen molar-refractivity contribution in [3.63, 3.8) is 0 Å². The highest BCUT2D eigenvalue weighted by atomic mass is 16.3. The minimum absolute atomic E-state index is 0.0472. The predicted octanol–water partition coefficient (Wildman–Crippen LogP) is 3.66. The summed E-state index contributed by atoms with van der Waals surface area (Å²) in [6.07, 6.45) is 3.54. The van der Waals surface area contributed by atoms with Gasteiger partial charge < -0.3 is 10.0 Å². The average Bonchev–Trinajstić information content (AvgIpc) is 2.86. The van der Waals surface area contributed by atoms with E-state index in [9.17, 15) is 9.59 Å². The molecule has 6 nitrogen and oxygen atoms in total. The van der Waals surface area contributed by atoms with E-state index in [4.69, 9.17) is 5.11 Å². The summed E-state index contributed by atoms with van der Waals surface area (Å²) in [5.41, 5.74) is 4.29. The molecular weight excluding hydrogens is 414 g/mol. The van der Waals surface area contributed by atoms with Crippen LogP contribution in [0.15, 0.2) is 73.1 Å². The van der Waals surface area contributed by atoms with E-state index in [0.717, 1.165) is 23.2 Å².